The van der Waals surface area contributed by atoms with Gasteiger partial charge < -0.3 is 14.2 Å². The number of thiocarbonyl (C=S) groups is 1. The molecule has 1 saturated heterocycles. The number of benzene rings is 1. The minimum absolute atomic E-state index is 0.170. The molecule has 1 fully saturated rings. The molecule has 1 aromatic carbocycles. The third-order valence-corrected chi connectivity index (χ3v) is 4.54. The number of ether oxygens (including phenoxy) is 3. The molecule has 0 spiro atoms. The topological polar surface area (TPSA) is 65.1 Å². The quantitative estimate of drug-likeness (QED) is 0.468. The van der Waals surface area contributed by atoms with Crippen molar-refractivity contribution in [3.05, 3.63) is 28.7 Å². The van der Waals surface area contributed by atoms with Crippen molar-refractivity contribution in [1.82, 2.24) is 4.90 Å². The zero-order valence-electron chi connectivity index (χ0n) is 12.2. The molecule has 0 N–H and O–H groups in total. The smallest absolute Gasteiger partial charge is 0.326 e. The highest BCUT2D eigenvalue weighted by atomic mass is 32.2. The number of thioether (sulfide) groups is 1. The van der Waals surface area contributed by atoms with Gasteiger partial charge in [-0.25, -0.2) is 0 Å². The lowest BCUT2D eigenvalue weighted by Crippen LogP contribution is -2.34. The van der Waals surface area contributed by atoms with E-state index in [1.54, 1.807) is 25.1 Å². The van der Waals surface area contributed by atoms with Crippen LogP contribution in [0, 0.1) is 0 Å². The van der Waals surface area contributed by atoms with Crippen molar-refractivity contribution >= 4 is 46.3 Å². The molecule has 3 rings (SSSR count). The fourth-order valence-corrected chi connectivity index (χ4v) is 3.38. The summed E-state index contributed by atoms with van der Waals surface area (Å²) in [5.74, 6) is 0.539. The summed E-state index contributed by atoms with van der Waals surface area (Å²) in [6.45, 7) is 2.00. The van der Waals surface area contributed by atoms with E-state index in [0.29, 0.717) is 20.7 Å². The minimum atomic E-state index is -0.479. The van der Waals surface area contributed by atoms with Crippen molar-refractivity contribution in [3.8, 4) is 11.5 Å². The molecule has 2 aliphatic rings. The Morgan fingerprint density at radius 3 is 3.00 bits per heavy atom. The van der Waals surface area contributed by atoms with Gasteiger partial charge >= 0.3 is 5.97 Å². The van der Waals surface area contributed by atoms with Crippen molar-refractivity contribution < 1.29 is 23.8 Å². The Morgan fingerprint density at radius 2 is 2.22 bits per heavy atom. The first kappa shape index (κ1) is 15.8. The van der Waals surface area contributed by atoms with Crippen LogP contribution in [0.15, 0.2) is 23.1 Å². The fraction of sp³-hybridized carbons (Fsp3) is 0.267. The van der Waals surface area contributed by atoms with Gasteiger partial charge in [0, 0.05) is 0 Å². The molecule has 8 heteroatoms. The van der Waals surface area contributed by atoms with E-state index in [1.807, 2.05) is 6.07 Å². The highest BCUT2D eigenvalue weighted by Gasteiger charge is 2.33. The average molecular weight is 351 g/mol. The van der Waals surface area contributed by atoms with Gasteiger partial charge in [0.1, 0.15) is 10.9 Å². The number of esters is 1. The van der Waals surface area contributed by atoms with Crippen LogP contribution >= 0.6 is 24.0 Å². The molecular weight excluding hydrogens is 338 g/mol. The monoisotopic (exact) mass is 351 g/mol. The minimum Gasteiger partial charge on any atom is -0.465 e. The second-order valence-electron chi connectivity index (χ2n) is 4.69. The van der Waals surface area contributed by atoms with E-state index in [0.717, 1.165) is 17.3 Å². The van der Waals surface area contributed by atoms with Crippen LogP contribution in [0.3, 0.4) is 0 Å². The molecule has 1 aromatic rings. The molecular formula is C15H13NO5S2. The van der Waals surface area contributed by atoms with Crippen LogP contribution < -0.4 is 9.47 Å². The second kappa shape index (κ2) is 6.59. The zero-order valence-corrected chi connectivity index (χ0v) is 13.9. The van der Waals surface area contributed by atoms with Gasteiger partial charge in [-0.05, 0) is 30.7 Å². The maximum absolute atomic E-state index is 12.4. The first-order valence-corrected chi connectivity index (χ1v) is 8.11. The second-order valence-corrected chi connectivity index (χ2v) is 6.36. The maximum Gasteiger partial charge on any atom is 0.326 e. The number of carbonyl (C=O) groups excluding carboxylic acids is 2. The summed E-state index contributed by atoms with van der Waals surface area (Å²) < 4.78 is 15.8. The lowest BCUT2D eigenvalue weighted by molar-refractivity contribution is -0.145. The lowest BCUT2D eigenvalue weighted by Gasteiger charge is -2.12. The van der Waals surface area contributed by atoms with E-state index in [2.05, 4.69) is 0 Å². The Morgan fingerprint density at radius 1 is 1.43 bits per heavy atom. The van der Waals surface area contributed by atoms with Crippen molar-refractivity contribution in [2.24, 2.45) is 0 Å². The van der Waals surface area contributed by atoms with Crippen LogP contribution in [0.4, 0.5) is 0 Å². The fourth-order valence-electron chi connectivity index (χ4n) is 2.13. The molecule has 6 nitrogen and oxygen atoms in total. The molecule has 2 aliphatic heterocycles. The number of nitrogens with zero attached hydrogens (tertiary/aromatic N) is 1. The van der Waals surface area contributed by atoms with Crippen LogP contribution in [0.1, 0.15) is 12.5 Å². The molecule has 1 amide bonds. The van der Waals surface area contributed by atoms with E-state index >= 15 is 0 Å². The van der Waals surface area contributed by atoms with Gasteiger partial charge in [0.05, 0.1) is 11.5 Å². The molecule has 0 aliphatic carbocycles. The summed E-state index contributed by atoms with van der Waals surface area (Å²) >= 11 is 6.33. The first-order chi connectivity index (χ1) is 11.1. The number of amides is 1. The number of hydrogen-bond acceptors (Lipinski definition) is 7. The van der Waals surface area contributed by atoms with Crippen molar-refractivity contribution in [2.75, 3.05) is 19.9 Å². The standard InChI is InChI=1S/C15H13NO5S2/c1-2-19-13(17)7-16-14(18)12(23-15(16)22)6-9-3-4-10-11(5-9)21-8-20-10/h3-6H,2,7-8H2,1H3/b12-6-. The highest BCUT2D eigenvalue weighted by molar-refractivity contribution is 8.26. The van der Waals surface area contributed by atoms with Gasteiger partial charge in [0.15, 0.2) is 11.5 Å². The normalized spacial score (nSPS) is 18.0. The van der Waals surface area contributed by atoms with Gasteiger partial charge in [-0.3, -0.25) is 14.5 Å². The number of carbonyl (C=O) groups is 2. The van der Waals surface area contributed by atoms with Gasteiger partial charge in [-0.1, -0.05) is 30.0 Å². The predicted molar refractivity (Wildman–Crippen MR) is 89.1 cm³/mol. The molecule has 0 aromatic heterocycles. The number of fused-ring (bicyclic) bond motifs is 1. The summed E-state index contributed by atoms with van der Waals surface area (Å²) in [6, 6.07) is 5.40. The Labute approximate surface area is 142 Å². The molecule has 2 heterocycles. The average Bonchev–Trinajstić information content (AvgIpc) is 3.07. The van der Waals surface area contributed by atoms with E-state index in [-0.39, 0.29) is 25.9 Å². The SMILES string of the molecule is CCOC(=O)CN1C(=O)/C(=C/c2ccc3c(c2)OCO3)SC1=S. The van der Waals surface area contributed by atoms with Crippen LogP contribution in [0.25, 0.3) is 6.08 Å². The number of rotatable bonds is 4. The van der Waals surface area contributed by atoms with Crippen LogP contribution in [0.2, 0.25) is 0 Å². The van der Waals surface area contributed by atoms with Gasteiger partial charge in [-0.2, -0.15) is 0 Å². The zero-order chi connectivity index (χ0) is 16.4. The molecule has 0 bridgehead atoms. The Bertz CT molecular complexity index is 716. The third-order valence-electron chi connectivity index (χ3n) is 3.16. The Kier molecular flexibility index (Phi) is 4.53. The molecule has 120 valence electrons. The third kappa shape index (κ3) is 3.32. The maximum atomic E-state index is 12.4. The summed E-state index contributed by atoms with van der Waals surface area (Å²) in [6.07, 6.45) is 1.71. The van der Waals surface area contributed by atoms with Crippen LogP contribution in [0.5, 0.6) is 11.5 Å². The summed E-state index contributed by atoms with van der Waals surface area (Å²) in [4.78, 5) is 25.6. The van der Waals surface area contributed by atoms with Crippen LogP contribution in [-0.2, 0) is 14.3 Å². The van der Waals surface area contributed by atoms with E-state index in [1.165, 1.54) is 4.90 Å². The van der Waals surface area contributed by atoms with Crippen molar-refractivity contribution in [3.63, 3.8) is 0 Å². The van der Waals surface area contributed by atoms with Crippen molar-refractivity contribution in [1.29, 1.82) is 0 Å². The lowest BCUT2D eigenvalue weighted by atomic mass is 10.2. The highest BCUT2D eigenvalue weighted by Crippen LogP contribution is 2.36. The molecule has 0 radical (unpaired) electrons. The first-order valence-electron chi connectivity index (χ1n) is 6.89. The Hall–Kier alpha value is -2.06. The van der Waals surface area contributed by atoms with E-state index < -0.39 is 5.97 Å². The summed E-state index contributed by atoms with van der Waals surface area (Å²) in [7, 11) is 0. The van der Waals surface area contributed by atoms with Crippen molar-refractivity contribution in [2.45, 2.75) is 6.92 Å². The van der Waals surface area contributed by atoms with Gasteiger partial charge in [0.25, 0.3) is 5.91 Å². The number of hydrogen-bond donors (Lipinski definition) is 0. The predicted octanol–water partition coefficient (Wildman–Crippen LogP) is 2.18. The molecule has 23 heavy (non-hydrogen) atoms. The van der Waals surface area contributed by atoms with E-state index in [9.17, 15) is 9.59 Å². The van der Waals surface area contributed by atoms with Gasteiger partial charge in [-0.15, -0.1) is 0 Å². The molecule has 0 saturated carbocycles. The van der Waals surface area contributed by atoms with Gasteiger partial charge in [0.2, 0.25) is 6.79 Å². The summed E-state index contributed by atoms with van der Waals surface area (Å²) in [5, 5.41) is 0. The molecule has 0 unspecified atom stereocenters. The van der Waals surface area contributed by atoms with Crippen LogP contribution in [-0.4, -0.2) is 41.0 Å². The Balaban J connectivity index is 1.77. The molecule has 0 atom stereocenters. The largest absolute Gasteiger partial charge is 0.465 e. The van der Waals surface area contributed by atoms with E-state index in [4.69, 9.17) is 26.4 Å². The summed E-state index contributed by atoms with van der Waals surface area (Å²) in [5.41, 5.74) is 0.797.